The van der Waals surface area contributed by atoms with Gasteiger partial charge in [-0.15, -0.1) is 5.10 Å². The highest BCUT2D eigenvalue weighted by Crippen LogP contribution is 2.19. The molecular formula is C15H15FN4O3. The average Bonchev–Trinajstić information content (AvgIpc) is 3.16. The molecule has 0 radical (unpaired) electrons. The molecule has 23 heavy (non-hydrogen) atoms. The topological polar surface area (TPSA) is 88.3 Å². The summed E-state index contributed by atoms with van der Waals surface area (Å²) in [4.78, 5) is 24.8. The Hall–Kier alpha value is -2.77. The molecular weight excluding hydrogens is 303 g/mol. The molecule has 120 valence electrons. The molecule has 1 aromatic carbocycles. The Morgan fingerprint density at radius 1 is 1.39 bits per heavy atom. The van der Waals surface area contributed by atoms with Crippen molar-refractivity contribution in [2.24, 2.45) is 5.92 Å². The summed E-state index contributed by atoms with van der Waals surface area (Å²) in [5.74, 6) is -2.13. The van der Waals surface area contributed by atoms with Crippen molar-refractivity contribution < 1.29 is 19.1 Å². The zero-order chi connectivity index (χ0) is 16.6. The van der Waals surface area contributed by atoms with Gasteiger partial charge in [-0.1, -0.05) is 5.21 Å². The van der Waals surface area contributed by atoms with E-state index in [1.165, 1.54) is 27.9 Å². The molecule has 0 bridgehead atoms. The molecule has 1 fully saturated rings. The van der Waals surface area contributed by atoms with E-state index in [-0.39, 0.29) is 24.0 Å². The second kappa shape index (κ2) is 5.79. The number of hydrogen-bond acceptors (Lipinski definition) is 4. The molecule has 0 aliphatic carbocycles. The van der Waals surface area contributed by atoms with Crippen LogP contribution in [0.1, 0.15) is 22.5 Å². The number of benzene rings is 1. The third kappa shape index (κ3) is 2.92. The van der Waals surface area contributed by atoms with Crippen LogP contribution in [-0.4, -0.2) is 50.0 Å². The monoisotopic (exact) mass is 318 g/mol. The first-order valence-corrected chi connectivity index (χ1v) is 7.16. The standard InChI is InChI=1S/C15H15FN4O3/c1-9-6-11(16)2-3-13(9)20-8-12(17-18-20)14(21)19-5-4-10(7-19)15(22)23/h2-3,6,8,10H,4-5,7H2,1H3,(H,22,23). The number of aryl methyl sites for hydroxylation is 1. The number of halogens is 1. The highest BCUT2D eigenvalue weighted by molar-refractivity contribution is 5.92. The van der Waals surface area contributed by atoms with Crippen molar-refractivity contribution in [2.75, 3.05) is 13.1 Å². The summed E-state index contributed by atoms with van der Waals surface area (Å²) in [5, 5.41) is 16.7. The van der Waals surface area contributed by atoms with E-state index in [0.717, 1.165) is 0 Å². The van der Waals surface area contributed by atoms with Crippen LogP contribution in [0.15, 0.2) is 24.4 Å². The summed E-state index contributed by atoms with van der Waals surface area (Å²) in [6.45, 7) is 2.30. The predicted octanol–water partition coefficient (Wildman–Crippen LogP) is 1.26. The minimum absolute atomic E-state index is 0.139. The number of rotatable bonds is 3. The normalized spacial score (nSPS) is 17.5. The van der Waals surface area contributed by atoms with Crippen molar-refractivity contribution in [2.45, 2.75) is 13.3 Å². The highest BCUT2D eigenvalue weighted by Gasteiger charge is 2.32. The first-order valence-electron chi connectivity index (χ1n) is 7.16. The van der Waals surface area contributed by atoms with Gasteiger partial charge in [-0.25, -0.2) is 9.07 Å². The maximum absolute atomic E-state index is 13.1. The fraction of sp³-hybridized carbons (Fsp3) is 0.333. The zero-order valence-electron chi connectivity index (χ0n) is 12.4. The molecule has 1 atom stereocenters. The second-order valence-corrected chi connectivity index (χ2v) is 5.55. The lowest BCUT2D eigenvalue weighted by molar-refractivity contribution is -0.141. The first kappa shape index (κ1) is 15.1. The van der Waals surface area contributed by atoms with Gasteiger partial charge in [0.1, 0.15) is 5.82 Å². The fourth-order valence-corrected chi connectivity index (χ4v) is 2.66. The summed E-state index contributed by atoms with van der Waals surface area (Å²) >= 11 is 0. The molecule has 2 heterocycles. The fourth-order valence-electron chi connectivity index (χ4n) is 2.66. The lowest BCUT2D eigenvalue weighted by atomic mass is 10.1. The Labute approximate surface area is 131 Å². The van der Waals surface area contributed by atoms with Crippen molar-refractivity contribution in [1.82, 2.24) is 19.9 Å². The first-order chi connectivity index (χ1) is 11.0. The third-order valence-electron chi connectivity index (χ3n) is 3.94. The van der Waals surface area contributed by atoms with Gasteiger partial charge < -0.3 is 10.0 Å². The van der Waals surface area contributed by atoms with Crippen molar-refractivity contribution in [1.29, 1.82) is 0 Å². The van der Waals surface area contributed by atoms with Crippen LogP contribution >= 0.6 is 0 Å². The number of carbonyl (C=O) groups is 2. The molecule has 1 unspecified atom stereocenters. The van der Waals surface area contributed by atoms with Gasteiger partial charge in [0.05, 0.1) is 17.8 Å². The van der Waals surface area contributed by atoms with E-state index in [9.17, 15) is 14.0 Å². The molecule has 1 N–H and O–H groups in total. The van der Waals surface area contributed by atoms with Crippen LogP contribution in [0.2, 0.25) is 0 Å². The van der Waals surface area contributed by atoms with Crippen LogP contribution in [0.5, 0.6) is 0 Å². The number of amides is 1. The van der Waals surface area contributed by atoms with Crippen LogP contribution in [-0.2, 0) is 4.79 Å². The van der Waals surface area contributed by atoms with E-state index in [0.29, 0.717) is 24.2 Å². The van der Waals surface area contributed by atoms with Gasteiger partial charge in [0, 0.05) is 13.1 Å². The summed E-state index contributed by atoms with van der Waals surface area (Å²) in [6.07, 6.45) is 1.91. The van der Waals surface area contributed by atoms with Gasteiger partial charge in [0.15, 0.2) is 5.69 Å². The molecule has 2 aromatic rings. The van der Waals surface area contributed by atoms with Crippen molar-refractivity contribution in [3.05, 3.63) is 41.5 Å². The van der Waals surface area contributed by atoms with Crippen molar-refractivity contribution >= 4 is 11.9 Å². The molecule has 7 nitrogen and oxygen atoms in total. The van der Waals surface area contributed by atoms with Crippen LogP contribution < -0.4 is 0 Å². The SMILES string of the molecule is Cc1cc(F)ccc1-n1cc(C(=O)N2CCC(C(=O)O)C2)nn1. The van der Waals surface area contributed by atoms with E-state index < -0.39 is 11.9 Å². The Balaban J connectivity index is 1.79. The maximum atomic E-state index is 13.1. The van der Waals surface area contributed by atoms with Crippen LogP contribution in [0, 0.1) is 18.7 Å². The third-order valence-corrected chi connectivity index (χ3v) is 3.94. The lowest BCUT2D eigenvalue weighted by Gasteiger charge is -2.13. The predicted molar refractivity (Wildman–Crippen MR) is 77.7 cm³/mol. The quantitative estimate of drug-likeness (QED) is 0.920. The van der Waals surface area contributed by atoms with Gasteiger partial charge in [0.2, 0.25) is 0 Å². The Morgan fingerprint density at radius 3 is 2.83 bits per heavy atom. The molecule has 0 saturated carbocycles. The van der Waals surface area contributed by atoms with Crippen LogP contribution in [0.4, 0.5) is 4.39 Å². The second-order valence-electron chi connectivity index (χ2n) is 5.55. The van der Waals surface area contributed by atoms with Gasteiger partial charge in [-0.05, 0) is 37.1 Å². The molecule has 3 rings (SSSR count). The number of nitrogens with zero attached hydrogens (tertiary/aromatic N) is 4. The lowest BCUT2D eigenvalue weighted by Crippen LogP contribution is -2.30. The minimum atomic E-state index is -0.897. The number of aliphatic carboxylic acids is 1. The Morgan fingerprint density at radius 2 is 2.17 bits per heavy atom. The molecule has 1 aliphatic heterocycles. The highest BCUT2D eigenvalue weighted by atomic mass is 19.1. The summed E-state index contributed by atoms with van der Waals surface area (Å²) in [7, 11) is 0. The maximum Gasteiger partial charge on any atom is 0.308 e. The molecule has 1 amide bonds. The number of carboxylic acids is 1. The number of carbonyl (C=O) groups excluding carboxylic acids is 1. The Bertz CT molecular complexity index is 774. The number of aromatic nitrogens is 3. The average molecular weight is 318 g/mol. The minimum Gasteiger partial charge on any atom is -0.481 e. The number of carboxylic acid groups (broad SMARTS) is 1. The number of likely N-dealkylation sites (tertiary alicyclic amines) is 1. The largest absolute Gasteiger partial charge is 0.481 e. The summed E-state index contributed by atoms with van der Waals surface area (Å²) in [6, 6.07) is 4.24. The van der Waals surface area contributed by atoms with Gasteiger partial charge >= 0.3 is 5.97 Å². The van der Waals surface area contributed by atoms with E-state index in [1.807, 2.05) is 0 Å². The molecule has 1 aliphatic rings. The summed E-state index contributed by atoms with van der Waals surface area (Å²) < 4.78 is 14.6. The number of hydrogen-bond donors (Lipinski definition) is 1. The molecule has 8 heteroatoms. The Kier molecular flexibility index (Phi) is 3.81. The molecule has 1 aromatic heterocycles. The van der Waals surface area contributed by atoms with E-state index in [4.69, 9.17) is 5.11 Å². The summed E-state index contributed by atoms with van der Waals surface area (Å²) in [5.41, 5.74) is 1.43. The van der Waals surface area contributed by atoms with Crippen molar-refractivity contribution in [3.8, 4) is 5.69 Å². The van der Waals surface area contributed by atoms with Crippen LogP contribution in [0.25, 0.3) is 5.69 Å². The zero-order valence-corrected chi connectivity index (χ0v) is 12.4. The smallest absolute Gasteiger partial charge is 0.308 e. The van der Waals surface area contributed by atoms with E-state index in [1.54, 1.807) is 13.0 Å². The van der Waals surface area contributed by atoms with Gasteiger partial charge in [-0.2, -0.15) is 0 Å². The van der Waals surface area contributed by atoms with Crippen molar-refractivity contribution in [3.63, 3.8) is 0 Å². The van der Waals surface area contributed by atoms with E-state index >= 15 is 0 Å². The molecule has 1 saturated heterocycles. The molecule has 0 spiro atoms. The van der Waals surface area contributed by atoms with Gasteiger partial charge in [0.25, 0.3) is 5.91 Å². The van der Waals surface area contributed by atoms with Gasteiger partial charge in [-0.3, -0.25) is 9.59 Å². The van der Waals surface area contributed by atoms with E-state index in [2.05, 4.69) is 10.3 Å². The van der Waals surface area contributed by atoms with Crippen LogP contribution in [0.3, 0.4) is 0 Å².